The molecule has 0 aliphatic carbocycles. The largest absolute Gasteiger partial charge is 0.355 e. The first kappa shape index (κ1) is 14.1. The Balaban J connectivity index is 1.91. The van der Waals surface area contributed by atoms with Crippen LogP contribution in [0, 0.1) is 6.92 Å². The molecule has 0 aliphatic heterocycles. The van der Waals surface area contributed by atoms with E-state index >= 15 is 0 Å². The fourth-order valence-corrected chi connectivity index (χ4v) is 2.29. The van der Waals surface area contributed by atoms with E-state index in [1.54, 1.807) is 0 Å². The van der Waals surface area contributed by atoms with Crippen molar-refractivity contribution in [2.45, 2.75) is 6.92 Å². The summed E-state index contributed by atoms with van der Waals surface area (Å²) in [6, 6.07) is 26.4. The molecular weight excluding hydrogens is 268 g/mol. The number of para-hydroxylation sites is 3. The molecule has 0 spiro atoms. The molecule has 0 unspecified atom stereocenters. The van der Waals surface area contributed by atoms with Gasteiger partial charge in [0.15, 0.2) is 0 Å². The van der Waals surface area contributed by atoms with Crippen LogP contribution in [0.1, 0.15) is 11.1 Å². The second-order valence-corrected chi connectivity index (χ2v) is 5.12. The zero-order chi connectivity index (χ0) is 15.2. The van der Waals surface area contributed by atoms with Crippen LogP contribution in [-0.4, -0.2) is 6.21 Å². The maximum Gasteiger partial charge on any atom is 0.0629 e. The van der Waals surface area contributed by atoms with Crippen molar-refractivity contribution < 1.29 is 0 Å². The SMILES string of the molecule is Cc1cccc(C=Nc2ccccc2)c1Nc1ccccc1. The van der Waals surface area contributed by atoms with E-state index in [4.69, 9.17) is 0 Å². The van der Waals surface area contributed by atoms with Crippen molar-refractivity contribution in [1.82, 2.24) is 0 Å². The zero-order valence-electron chi connectivity index (χ0n) is 12.5. The summed E-state index contributed by atoms with van der Waals surface area (Å²) in [5.74, 6) is 0. The molecule has 0 saturated carbocycles. The number of anilines is 2. The summed E-state index contributed by atoms with van der Waals surface area (Å²) in [6.07, 6.45) is 1.91. The van der Waals surface area contributed by atoms with Crippen molar-refractivity contribution in [3.05, 3.63) is 90.0 Å². The first-order valence-electron chi connectivity index (χ1n) is 7.34. The highest BCUT2D eigenvalue weighted by Crippen LogP contribution is 2.24. The van der Waals surface area contributed by atoms with Gasteiger partial charge in [-0.1, -0.05) is 54.6 Å². The quantitative estimate of drug-likeness (QED) is 0.630. The molecule has 0 heterocycles. The standard InChI is InChI=1S/C20H18N2/c1-16-9-8-10-17(15-21-18-11-4-2-5-12-18)20(16)22-19-13-6-3-7-14-19/h2-15,22H,1H3. The lowest BCUT2D eigenvalue weighted by atomic mass is 10.1. The molecule has 0 bridgehead atoms. The van der Waals surface area contributed by atoms with Crippen LogP contribution in [0.5, 0.6) is 0 Å². The Kier molecular flexibility index (Phi) is 4.30. The highest BCUT2D eigenvalue weighted by molar-refractivity contribution is 5.91. The van der Waals surface area contributed by atoms with Gasteiger partial charge in [-0.3, -0.25) is 4.99 Å². The van der Waals surface area contributed by atoms with Crippen LogP contribution in [0.2, 0.25) is 0 Å². The number of aryl methyl sites for hydroxylation is 1. The van der Waals surface area contributed by atoms with Gasteiger partial charge in [0.2, 0.25) is 0 Å². The Hall–Kier alpha value is -2.87. The number of benzene rings is 3. The van der Waals surface area contributed by atoms with E-state index in [9.17, 15) is 0 Å². The van der Waals surface area contributed by atoms with Crippen LogP contribution in [-0.2, 0) is 0 Å². The van der Waals surface area contributed by atoms with Gasteiger partial charge in [-0.15, -0.1) is 0 Å². The topological polar surface area (TPSA) is 24.4 Å². The molecule has 2 heteroatoms. The van der Waals surface area contributed by atoms with Gasteiger partial charge in [-0.25, -0.2) is 0 Å². The lowest BCUT2D eigenvalue weighted by Gasteiger charge is -2.12. The van der Waals surface area contributed by atoms with Gasteiger partial charge < -0.3 is 5.32 Å². The summed E-state index contributed by atoms with van der Waals surface area (Å²) < 4.78 is 0. The Morgan fingerprint density at radius 2 is 1.45 bits per heavy atom. The molecule has 3 aromatic carbocycles. The Bertz CT molecular complexity index is 762. The van der Waals surface area contributed by atoms with E-state index in [1.807, 2.05) is 54.7 Å². The molecule has 0 amide bonds. The summed E-state index contributed by atoms with van der Waals surface area (Å²) in [6.45, 7) is 2.10. The van der Waals surface area contributed by atoms with Crippen molar-refractivity contribution in [2.75, 3.05) is 5.32 Å². The molecule has 1 N–H and O–H groups in total. The molecular formula is C20H18N2. The van der Waals surface area contributed by atoms with Gasteiger partial charge in [-0.05, 0) is 36.8 Å². The van der Waals surface area contributed by atoms with E-state index in [0.29, 0.717) is 0 Å². The maximum absolute atomic E-state index is 4.55. The van der Waals surface area contributed by atoms with Gasteiger partial charge in [0.25, 0.3) is 0 Å². The fourth-order valence-electron chi connectivity index (χ4n) is 2.29. The van der Waals surface area contributed by atoms with Crippen molar-refractivity contribution in [3.8, 4) is 0 Å². The minimum Gasteiger partial charge on any atom is -0.355 e. The molecule has 0 atom stereocenters. The van der Waals surface area contributed by atoms with Crippen molar-refractivity contribution in [3.63, 3.8) is 0 Å². The normalized spacial score (nSPS) is 10.8. The molecule has 108 valence electrons. The third-order valence-corrected chi connectivity index (χ3v) is 3.46. The van der Waals surface area contributed by atoms with E-state index in [1.165, 1.54) is 5.56 Å². The van der Waals surface area contributed by atoms with Gasteiger partial charge in [0.05, 0.1) is 11.4 Å². The van der Waals surface area contributed by atoms with Crippen molar-refractivity contribution >= 4 is 23.3 Å². The first-order chi connectivity index (χ1) is 10.8. The summed E-state index contributed by atoms with van der Waals surface area (Å²) in [5, 5.41) is 3.49. The van der Waals surface area contributed by atoms with Crippen molar-refractivity contribution in [2.24, 2.45) is 4.99 Å². The lowest BCUT2D eigenvalue weighted by Crippen LogP contribution is -1.98. The molecule has 22 heavy (non-hydrogen) atoms. The molecule has 0 aliphatic rings. The van der Waals surface area contributed by atoms with E-state index in [2.05, 4.69) is 47.6 Å². The summed E-state index contributed by atoms with van der Waals surface area (Å²) in [5.41, 5.74) is 5.39. The Morgan fingerprint density at radius 3 is 2.18 bits per heavy atom. The number of aliphatic imine (C=N–C) groups is 1. The predicted octanol–water partition coefficient (Wildman–Crippen LogP) is 5.49. The number of hydrogen-bond acceptors (Lipinski definition) is 2. The summed E-state index contributed by atoms with van der Waals surface area (Å²) in [4.78, 5) is 4.55. The van der Waals surface area contributed by atoms with E-state index in [-0.39, 0.29) is 0 Å². The minimum atomic E-state index is 0.953. The maximum atomic E-state index is 4.55. The zero-order valence-corrected chi connectivity index (χ0v) is 12.5. The van der Waals surface area contributed by atoms with Crippen molar-refractivity contribution in [1.29, 1.82) is 0 Å². The molecule has 0 saturated heterocycles. The lowest BCUT2D eigenvalue weighted by molar-refractivity contribution is 1.42. The number of nitrogens with zero attached hydrogens (tertiary/aromatic N) is 1. The molecule has 3 rings (SSSR count). The average Bonchev–Trinajstić information content (AvgIpc) is 2.57. The molecule has 0 fully saturated rings. The highest BCUT2D eigenvalue weighted by atomic mass is 14.9. The van der Waals surface area contributed by atoms with Crippen LogP contribution in [0.4, 0.5) is 17.1 Å². The van der Waals surface area contributed by atoms with Crippen LogP contribution < -0.4 is 5.32 Å². The first-order valence-corrected chi connectivity index (χ1v) is 7.34. The number of rotatable bonds is 4. The number of hydrogen-bond donors (Lipinski definition) is 1. The number of nitrogens with one attached hydrogen (secondary N) is 1. The predicted molar refractivity (Wildman–Crippen MR) is 94.6 cm³/mol. The fraction of sp³-hybridized carbons (Fsp3) is 0.0500. The Labute approximate surface area is 131 Å². The van der Waals surface area contributed by atoms with Crippen LogP contribution in [0.15, 0.2) is 83.9 Å². The molecule has 0 aromatic heterocycles. The minimum absolute atomic E-state index is 0.953. The van der Waals surface area contributed by atoms with Gasteiger partial charge in [0.1, 0.15) is 0 Å². The second-order valence-electron chi connectivity index (χ2n) is 5.12. The van der Waals surface area contributed by atoms with E-state index in [0.717, 1.165) is 22.6 Å². The molecule has 0 radical (unpaired) electrons. The van der Waals surface area contributed by atoms with Crippen LogP contribution >= 0.6 is 0 Å². The summed E-state index contributed by atoms with van der Waals surface area (Å²) in [7, 11) is 0. The molecule has 2 nitrogen and oxygen atoms in total. The smallest absolute Gasteiger partial charge is 0.0629 e. The third kappa shape index (κ3) is 3.41. The van der Waals surface area contributed by atoms with Gasteiger partial charge in [-0.2, -0.15) is 0 Å². The second kappa shape index (κ2) is 6.72. The monoisotopic (exact) mass is 286 g/mol. The Morgan fingerprint density at radius 1 is 0.773 bits per heavy atom. The van der Waals surface area contributed by atoms with Crippen LogP contribution in [0.3, 0.4) is 0 Å². The highest BCUT2D eigenvalue weighted by Gasteiger charge is 2.04. The van der Waals surface area contributed by atoms with Gasteiger partial charge in [0, 0.05) is 17.5 Å². The average molecular weight is 286 g/mol. The van der Waals surface area contributed by atoms with Gasteiger partial charge >= 0.3 is 0 Å². The molecule has 3 aromatic rings. The van der Waals surface area contributed by atoms with E-state index < -0.39 is 0 Å². The third-order valence-electron chi connectivity index (χ3n) is 3.46. The summed E-state index contributed by atoms with van der Waals surface area (Å²) >= 11 is 0. The van der Waals surface area contributed by atoms with Crippen LogP contribution in [0.25, 0.3) is 0 Å².